The summed E-state index contributed by atoms with van der Waals surface area (Å²) in [7, 11) is 0. The summed E-state index contributed by atoms with van der Waals surface area (Å²) in [5.74, 6) is 1.87. The van der Waals surface area contributed by atoms with Gasteiger partial charge in [0.05, 0.1) is 30.5 Å². The van der Waals surface area contributed by atoms with E-state index in [1.807, 2.05) is 30.5 Å². The van der Waals surface area contributed by atoms with Crippen LogP contribution in [0.4, 0.5) is 5.82 Å². The number of hydrogen-bond acceptors (Lipinski definition) is 6. The molecule has 1 N–H and O–H groups in total. The van der Waals surface area contributed by atoms with Crippen molar-refractivity contribution in [3.05, 3.63) is 73.1 Å². The van der Waals surface area contributed by atoms with Gasteiger partial charge >= 0.3 is 0 Å². The summed E-state index contributed by atoms with van der Waals surface area (Å²) in [5, 5.41) is 3.28. The first-order valence-corrected chi connectivity index (χ1v) is 7.85. The normalized spacial score (nSPS) is 10.9. The van der Waals surface area contributed by atoms with Gasteiger partial charge in [0.25, 0.3) is 0 Å². The fraction of sp³-hybridized carbons (Fsp3) is 0.111. The molecule has 0 spiro atoms. The second-order valence-corrected chi connectivity index (χ2v) is 5.41. The molecule has 0 saturated carbocycles. The SMILES string of the molecule is C=Cc1nc(NCc2ncco2)c2c(ccn2Cc2ccccn2)n1. The lowest BCUT2D eigenvalue weighted by atomic mass is 10.3. The van der Waals surface area contributed by atoms with E-state index < -0.39 is 0 Å². The second-order valence-electron chi connectivity index (χ2n) is 5.41. The topological polar surface area (TPSA) is 81.7 Å². The van der Waals surface area contributed by atoms with Crippen molar-refractivity contribution in [2.75, 3.05) is 5.32 Å². The van der Waals surface area contributed by atoms with E-state index in [9.17, 15) is 0 Å². The summed E-state index contributed by atoms with van der Waals surface area (Å²) in [6, 6.07) is 7.83. The molecule has 0 radical (unpaired) electrons. The number of rotatable bonds is 6. The van der Waals surface area contributed by atoms with Crippen LogP contribution in [0.3, 0.4) is 0 Å². The molecular formula is C18H16N6O. The number of oxazole rings is 1. The van der Waals surface area contributed by atoms with Crippen molar-refractivity contribution in [2.45, 2.75) is 13.1 Å². The van der Waals surface area contributed by atoms with Gasteiger partial charge in [-0.25, -0.2) is 15.0 Å². The molecule has 4 rings (SSSR count). The number of pyridine rings is 1. The van der Waals surface area contributed by atoms with Gasteiger partial charge in [-0.2, -0.15) is 0 Å². The van der Waals surface area contributed by atoms with Gasteiger partial charge in [0, 0.05) is 12.4 Å². The van der Waals surface area contributed by atoms with Crippen LogP contribution in [0.5, 0.6) is 0 Å². The lowest BCUT2D eigenvalue weighted by Crippen LogP contribution is -2.08. The number of fused-ring (bicyclic) bond motifs is 1. The largest absolute Gasteiger partial charge is 0.447 e. The van der Waals surface area contributed by atoms with Crippen molar-refractivity contribution < 1.29 is 4.42 Å². The van der Waals surface area contributed by atoms with Crippen LogP contribution >= 0.6 is 0 Å². The highest BCUT2D eigenvalue weighted by molar-refractivity contribution is 5.87. The molecule has 0 atom stereocenters. The van der Waals surface area contributed by atoms with Gasteiger partial charge < -0.3 is 14.3 Å². The number of nitrogens with zero attached hydrogens (tertiary/aromatic N) is 5. The van der Waals surface area contributed by atoms with E-state index in [1.165, 1.54) is 0 Å². The highest BCUT2D eigenvalue weighted by atomic mass is 16.3. The predicted molar refractivity (Wildman–Crippen MR) is 94.8 cm³/mol. The second kappa shape index (κ2) is 6.56. The highest BCUT2D eigenvalue weighted by Gasteiger charge is 2.12. The molecule has 25 heavy (non-hydrogen) atoms. The van der Waals surface area contributed by atoms with Crippen LogP contribution in [0, 0.1) is 0 Å². The van der Waals surface area contributed by atoms with Gasteiger partial charge in [0.15, 0.2) is 11.6 Å². The molecule has 0 fully saturated rings. The monoisotopic (exact) mass is 332 g/mol. The molecule has 0 aromatic carbocycles. The minimum absolute atomic E-state index is 0.435. The quantitative estimate of drug-likeness (QED) is 0.584. The zero-order valence-corrected chi connectivity index (χ0v) is 13.5. The van der Waals surface area contributed by atoms with Crippen molar-refractivity contribution in [1.82, 2.24) is 24.5 Å². The van der Waals surface area contributed by atoms with Gasteiger partial charge in [0.1, 0.15) is 11.8 Å². The lowest BCUT2D eigenvalue weighted by molar-refractivity contribution is 0.503. The lowest BCUT2D eigenvalue weighted by Gasteiger charge is -2.10. The standard InChI is InChI=1S/C18H16N6O/c1-2-15-22-14-6-9-24(12-13-5-3-4-7-19-13)17(14)18(23-15)21-11-16-20-8-10-25-16/h2-10H,1,11-12H2,(H,21,22,23). The van der Waals surface area contributed by atoms with Gasteiger partial charge in [-0.1, -0.05) is 12.6 Å². The Labute approximate surface area is 144 Å². The van der Waals surface area contributed by atoms with Crippen LogP contribution in [0.15, 0.2) is 60.1 Å². The molecule has 0 bridgehead atoms. The third-order valence-electron chi connectivity index (χ3n) is 3.76. The summed E-state index contributed by atoms with van der Waals surface area (Å²) < 4.78 is 7.35. The Bertz CT molecular complexity index is 991. The number of hydrogen-bond donors (Lipinski definition) is 1. The van der Waals surface area contributed by atoms with Gasteiger partial charge in [-0.3, -0.25) is 4.98 Å². The third kappa shape index (κ3) is 3.12. The first-order chi connectivity index (χ1) is 12.3. The van der Waals surface area contributed by atoms with Gasteiger partial charge in [0.2, 0.25) is 5.89 Å². The molecular weight excluding hydrogens is 316 g/mol. The Morgan fingerprint density at radius 1 is 1.16 bits per heavy atom. The van der Waals surface area contributed by atoms with E-state index in [0.29, 0.717) is 30.6 Å². The summed E-state index contributed by atoms with van der Waals surface area (Å²) >= 11 is 0. The third-order valence-corrected chi connectivity index (χ3v) is 3.76. The molecule has 0 aliphatic heterocycles. The van der Waals surface area contributed by atoms with Crippen LogP contribution in [0.2, 0.25) is 0 Å². The zero-order chi connectivity index (χ0) is 17.1. The zero-order valence-electron chi connectivity index (χ0n) is 13.5. The maximum absolute atomic E-state index is 5.28. The molecule has 4 aromatic rings. The molecule has 0 amide bonds. The minimum atomic E-state index is 0.435. The van der Waals surface area contributed by atoms with Crippen LogP contribution in [0.25, 0.3) is 17.1 Å². The summed E-state index contributed by atoms with van der Waals surface area (Å²) in [6.07, 6.45) is 8.56. The Hall–Kier alpha value is -3.48. The van der Waals surface area contributed by atoms with E-state index >= 15 is 0 Å². The van der Waals surface area contributed by atoms with E-state index in [4.69, 9.17) is 4.42 Å². The summed E-state index contributed by atoms with van der Waals surface area (Å²) in [5.41, 5.74) is 2.71. The molecule has 0 unspecified atom stereocenters. The van der Waals surface area contributed by atoms with Crippen LogP contribution < -0.4 is 5.32 Å². The molecule has 7 heteroatoms. The number of nitrogens with one attached hydrogen (secondary N) is 1. The maximum Gasteiger partial charge on any atom is 0.213 e. The maximum atomic E-state index is 5.28. The Morgan fingerprint density at radius 2 is 2.12 bits per heavy atom. The molecule has 7 nitrogen and oxygen atoms in total. The van der Waals surface area contributed by atoms with Crippen LogP contribution in [0.1, 0.15) is 17.4 Å². The molecule has 124 valence electrons. The fourth-order valence-electron chi connectivity index (χ4n) is 2.64. The van der Waals surface area contributed by atoms with Crippen molar-refractivity contribution in [3.63, 3.8) is 0 Å². The van der Waals surface area contributed by atoms with Crippen molar-refractivity contribution in [3.8, 4) is 0 Å². The Kier molecular flexibility index (Phi) is 3.96. The Morgan fingerprint density at radius 3 is 2.88 bits per heavy atom. The Balaban J connectivity index is 1.73. The average Bonchev–Trinajstić information content (AvgIpc) is 3.30. The van der Waals surface area contributed by atoms with Crippen molar-refractivity contribution >= 4 is 22.9 Å². The fourth-order valence-corrected chi connectivity index (χ4v) is 2.64. The average molecular weight is 332 g/mol. The summed E-state index contributed by atoms with van der Waals surface area (Å²) in [6.45, 7) is 4.83. The highest BCUT2D eigenvalue weighted by Crippen LogP contribution is 2.23. The smallest absolute Gasteiger partial charge is 0.213 e. The molecule has 0 saturated heterocycles. The van der Waals surface area contributed by atoms with E-state index in [2.05, 4.69) is 36.4 Å². The molecule has 0 aliphatic carbocycles. The van der Waals surface area contributed by atoms with Crippen molar-refractivity contribution in [1.29, 1.82) is 0 Å². The number of anilines is 1. The first-order valence-electron chi connectivity index (χ1n) is 7.85. The summed E-state index contributed by atoms with van der Waals surface area (Å²) in [4.78, 5) is 17.6. The van der Waals surface area contributed by atoms with Gasteiger partial charge in [-0.15, -0.1) is 0 Å². The minimum Gasteiger partial charge on any atom is -0.447 e. The van der Waals surface area contributed by atoms with Crippen molar-refractivity contribution in [2.24, 2.45) is 0 Å². The van der Waals surface area contributed by atoms with E-state index in [1.54, 1.807) is 24.7 Å². The van der Waals surface area contributed by atoms with Crippen LogP contribution in [-0.4, -0.2) is 24.5 Å². The predicted octanol–water partition coefficient (Wildman–Crippen LogP) is 3.12. The molecule has 0 aliphatic rings. The van der Waals surface area contributed by atoms with E-state index in [0.717, 1.165) is 16.7 Å². The molecule has 4 heterocycles. The first kappa shape index (κ1) is 15.1. The van der Waals surface area contributed by atoms with Crippen LogP contribution in [-0.2, 0) is 13.1 Å². The van der Waals surface area contributed by atoms with E-state index in [-0.39, 0.29) is 0 Å². The number of aromatic nitrogens is 5. The van der Waals surface area contributed by atoms with Gasteiger partial charge in [-0.05, 0) is 24.3 Å². The molecule has 4 aromatic heterocycles.